The number of nitrogens with zero attached hydrogens (tertiary/aromatic N) is 2. The highest BCUT2D eigenvalue weighted by Gasteiger charge is 2.18. The molecule has 0 aliphatic rings. The topological polar surface area (TPSA) is 8.17 Å². The number of aromatic nitrogens is 1. The third-order valence-electron chi connectivity index (χ3n) is 10.4. The zero-order valence-corrected chi connectivity index (χ0v) is 29.7. The summed E-state index contributed by atoms with van der Waals surface area (Å²) in [5, 5.41) is 7.77. The molecule has 2 nitrogen and oxygen atoms in total. The van der Waals surface area contributed by atoms with Crippen LogP contribution in [-0.4, -0.2) is 4.57 Å². The van der Waals surface area contributed by atoms with Crippen LogP contribution in [0.15, 0.2) is 182 Å². The van der Waals surface area contributed by atoms with Crippen LogP contribution in [0.1, 0.15) is 0 Å². The van der Waals surface area contributed by atoms with Gasteiger partial charge >= 0.3 is 0 Å². The van der Waals surface area contributed by atoms with E-state index in [9.17, 15) is 0 Å². The van der Waals surface area contributed by atoms with Gasteiger partial charge in [-0.2, -0.15) is 0 Å². The van der Waals surface area contributed by atoms with Crippen molar-refractivity contribution in [2.75, 3.05) is 4.90 Å². The van der Waals surface area contributed by atoms with Crippen molar-refractivity contribution in [3.05, 3.63) is 182 Å². The van der Waals surface area contributed by atoms with Gasteiger partial charge in [-0.25, -0.2) is 0 Å². The Labute approximate surface area is 308 Å². The van der Waals surface area contributed by atoms with Gasteiger partial charge in [-0.3, -0.25) is 0 Å². The van der Waals surface area contributed by atoms with E-state index in [1.54, 1.807) is 0 Å². The molecule has 0 saturated heterocycles. The highest BCUT2D eigenvalue weighted by Crippen LogP contribution is 2.44. The zero-order valence-electron chi connectivity index (χ0n) is 28.0. The molecule has 0 bridgehead atoms. The Hall–Kier alpha value is -6.20. The second kappa shape index (κ2) is 11.7. The van der Waals surface area contributed by atoms with Gasteiger partial charge in [0.2, 0.25) is 0 Å². The Morgan fingerprint density at radius 3 is 1.54 bits per heavy atom. The third-order valence-corrected chi connectivity index (χ3v) is 12.6. The van der Waals surface area contributed by atoms with Crippen LogP contribution in [0.25, 0.3) is 79.0 Å². The molecule has 8 aromatic carbocycles. The van der Waals surface area contributed by atoms with Gasteiger partial charge in [-0.1, -0.05) is 109 Å². The summed E-state index contributed by atoms with van der Waals surface area (Å²) in [7, 11) is 0. The van der Waals surface area contributed by atoms with Crippen molar-refractivity contribution >= 4 is 102 Å². The average Bonchev–Trinajstić information content (AvgIpc) is 3.87. The SMILES string of the molecule is c1ccc(-n2c3ccccc3c3ccc(-c4cccc(N(c5ccc6c(c5)sc5ccccc56)c5ccc6c(c5)sc5ccccc56)c4)cc32)cc1. The molecule has 0 unspecified atom stereocenters. The molecule has 0 fully saturated rings. The van der Waals surface area contributed by atoms with Crippen molar-refractivity contribution in [2.24, 2.45) is 0 Å². The Bertz CT molecular complexity index is 3030. The molecule has 0 spiro atoms. The molecule has 0 radical (unpaired) electrons. The summed E-state index contributed by atoms with van der Waals surface area (Å²) < 4.78 is 7.62. The summed E-state index contributed by atoms with van der Waals surface area (Å²) in [6.45, 7) is 0. The quantitative estimate of drug-likeness (QED) is 0.174. The lowest BCUT2D eigenvalue weighted by Crippen LogP contribution is -2.09. The minimum Gasteiger partial charge on any atom is -0.310 e. The van der Waals surface area contributed by atoms with E-state index in [0.29, 0.717) is 0 Å². The van der Waals surface area contributed by atoms with Crippen LogP contribution >= 0.6 is 22.7 Å². The van der Waals surface area contributed by atoms with Gasteiger partial charge in [-0.05, 0) is 83.9 Å². The third kappa shape index (κ3) is 4.62. The van der Waals surface area contributed by atoms with E-state index in [2.05, 4.69) is 191 Å². The van der Waals surface area contributed by atoms with Crippen LogP contribution in [0, 0.1) is 0 Å². The van der Waals surface area contributed by atoms with Crippen molar-refractivity contribution in [3.8, 4) is 16.8 Å². The van der Waals surface area contributed by atoms with E-state index >= 15 is 0 Å². The highest BCUT2D eigenvalue weighted by atomic mass is 32.1. The summed E-state index contributed by atoms with van der Waals surface area (Å²) in [4.78, 5) is 2.43. The largest absolute Gasteiger partial charge is 0.310 e. The molecule has 11 rings (SSSR count). The van der Waals surface area contributed by atoms with Crippen LogP contribution in [0.5, 0.6) is 0 Å². The average molecular weight is 699 g/mol. The maximum absolute atomic E-state index is 2.43. The van der Waals surface area contributed by atoms with E-state index < -0.39 is 0 Å². The Kier molecular flexibility index (Phi) is 6.63. The van der Waals surface area contributed by atoms with Gasteiger partial charge in [0.25, 0.3) is 0 Å². The smallest absolute Gasteiger partial charge is 0.0547 e. The first-order chi connectivity index (χ1) is 25.8. The molecular weight excluding hydrogens is 669 g/mol. The second-order valence-corrected chi connectivity index (χ2v) is 15.5. The molecule has 0 atom stereocenters. The number of thiophene rings is 2. The fourth-order valence-electron chi connectivity index (χ4n) is 7.98. The predicted molar refractivity (Wildman–Crippen MR) is 227 cm³/mol. The van der Waals surface area contributed by atoms with Crippen LogP contribution in [0.2, 0.25) is 0 Å². The molecule has 0 saturated carbocycles. The Balaban J connectivity index is 1.10. The zero-order chi connectivity index (χ0) is 34.2. The minimum absolute atomic E-state index is 1.13. The van der Waals surface area contributed by atoms with Gasteiger partial charge in [0.05, 0.1) is 11.0 Å². The van der Waals surface area contributed by atoms with Crippen molar-refractivity contribution in [1.29, 1.82) is 0 Å². The van der Waals surface area contributed by atoms with Gasteiger partial charge in [0.15, 0.2) is 0 Å². The summed E-state index contributed by atoms with van der Waals surface area (Å²) >= 11 is 3.73. The molecule has 0 amide bonds. The minimum atomic E-state index is 1.13. The molecule has 52 heavy (non-hydrogen) atoms. The highest BCUT2D eigenvalue weighted by molar-refractivity contribution is 7.26. The molecule has 3 heterocycles. The lowest BCUT2D eigenvalue weighted by Gasteiger charge is -2.26. The molecule has 244 valence electrons. The van der Waals surface area contributed by atoms with Gasteiger partial charge in [-0.15, -0.1) is 22.7 Å². The van der Waals surface area contributed by atoms with E-state index in [-0.39, 0.29) is 0 Å². The van der Waals surface area contributed by atoms with Gasteiger partial charge in [0.1, 0.15) is 0 Å². The van der Waals surface area contributed by atoms with Crippen molar-refractivity contribution < 1.29 is 0 Å². The Morgan fingerprint density at radius 2 is 0.846 bits per heavy atom. The summed E-state index contributed by atoms with van der Waals surface area (Å²) in [5.41, 5.74) is 9.38. The lowest BCUT2D eigenvalue weighted by molar-refractivity contribution is 1.18. The van der Waals surface area contributed by atoms with Crippen molar-refractivity contribution in [1.82, 2.24) is 4.57 Å². The normalized spacial score (nSPS) is 11.8. The van der Waals surface area contributed by atoms with E-state index in [1.807, 2.05) is 22.7 Å². The van der Waals surface area contributed by atoms with Crippen LogP contribution in [0.3, 0.4) is 0 Å². The maximum atomic E-state index is 2.43. The summed E-state index contributed by atoms with van der Waals surface area (Å²) in [5.74, 6) is 0. The van der Waals surface area contributed by atoms with E-state index in [1.165, 1.54) is 79.0 Å². The first-order valence-corrected chi connectivity index (χ1v) is 19.2. The predicted octanol–water partition coefficient (Wildman–Crippen LogP) is 14.7. The van der Waals surface area contributed by atoms with Crippen molar-refractivity contribution in [3.63, 3.8) is 0 Å². The molecule has 0 aliphatic heterocycles. The number of para-hydroxylation sites is 2. The molecule has 0 aliphatic carbocycles. The number of anilines is 3. The molecule has 4 heteroatoms. The Morgan fingerprint density at radius 1 is 0.327 bits per heavy atom. The first-order valence-electron chi connectivity index (χ1n) is 17.6. The lowest BCUT2D eigenvalue weighted by atomic mass is 10.0. The first kappa shape index (κ1) is 29.5. The molecule has 0 N–H and O–H groups in total. The number of benzene rings is 8. The molecule has 11 aromatic rings. The standard InChI is InChI=1S/C48H30N2S2/c1-2-12-33(13-3-1)50-43-18-7-4-15-37(43)38-24-21-32(28-44(38)50)31-11-10-14-34(27-31)49(35-22-25-41-39-16-5-8-19-45(39)51-47(41)29-35)36-23-26-42-40-17-6-9-20-46(40)52-48(42)30-36/h1-30H. The maximum Gasteiger partial charge on any atom is 0.0547 e. The fraction of sp³-hybridized carbons (Fsp3) is 0. The molecule has 3 aromatic heterocycles. The molecular formula is C48H30N2S2. The fourth-order valence-corrected chi connectivity index (χ4v) is 10.3. The van der Waals surface area contributed by atoms with Gasteiger partial charge < -0.3 is 9.47 Å². The number of rotatable bonds is 5. The van der Waals surface area contributed by atoms with E-state index in [4.69, 9.17) is 0 Å². The summed E-state index contributed by atoms with van der Waals surface area (Å²) in [6, 6.07) is 66.7. The number of hydrogen-bond acceptors (Lipinski definition) is 3. The monoisotopic (exact) mass is 698 g/mol. The van der Waals surface area contributed by atoms with Crippen LogP contribution < -0.4 is 4.90 Å². The number of fused-ring (bicyclic) bond motifs is 9. The summed E-state index contributed by atoms with van der Waals surface area (Å²) in [6.07, 6.45) is 0. The number of hydrogen-bond donors (Lipinski definition) is 0. The second-order valence-electron chi connectivity index (χ2n) is 13.4. The van der Waals surface area contributed by atoms with Crippen LogP contribution in [-0.2, 0) is 0 Å². The van der Waals surface area contributed by atoms with E-state index in [0.717, 1.165) is 17.1 Å². The van der Waals surface area contributed by atoms with Crippen molar-refractivity contribution in [2.45, 2.75) is 0 Å². The van der Waals surface area contributed by atoms with Crippen LogP contribution in [0.4, 0.5) is 17.1 Å². The van der Waals surface area contributed by atoms with Gasteiger partial charge in [0, 0.05) is 73.9 Å².